The molecule has 0 atom stereocenters. The Kier molecular flexibility index (Phi) is 5.03. The molecule has 1 saturated carbocycles. The third-order valence-electron chi connectivity index (χ3n) is 4.84. The van der Waals surface area contributed by atoms with Crippen LogP contribution in [0.4, 0.5) is 0 Å². The molecule has 0 spiro atoms. The molecule has 1 amide bonds. The van der Waals surface area contributed by atoms with Crippen molar-refractivity contribution in [3.63, 3.8) is 0 Å². The van der Waals surface area contributed by atoms with Gasteiger partial charge in [0.2, 0.25) is 5.91 Å². The second-order valence-electron chi connectivity index (χ2n) is 6.72. The van der Waals surface area contributed by atoms with E-state index in [2.05, 4.69) is 20.4 Å². The van der Waals surface area contributed by atoms with Crippen molar-refractivity contribution in [1.29, 1.82) is 0 Å². The highest BCUT2D eigenvalue weighted by Gasteiger charge is 2.32. The number of carbonyl (C=O) groups is 1. The van der Waals surface area contributed by atoms with E-state index in [-0.39, 0.29) is 5.91 Å². The van der Waals surface area contributed by atoms with Gasteiger partial charge in [0.05, 0.1) is 5.75 Å². The number of aromatic nitrogens is 3. The Morgan fingerprint density at radius 2 is 1.92 bits per heavy atom. The molecule has 2 heterocycles. The number of carbonyl (C=O) groups excluding carboxylic acids is 1. The summed E-state index contributed by atoms with van der Waals surface area (Å²) in [5.41, 5.74) is 1.00. The van der Waals surface area contributed by atoms with Gasteiger partial charge in [-0.2, -0.15) is 0 Å². The summed E-state index contributed by atoms with van der Waals surface area (Å²) in [4.78, 5) is 14.8. The van der Waals surface area contributed by atoms with Gasteiger partial charge >= 0.3 is 0 Å². The minimum atomic E-state index is 0.0810. The lowest BCUT2D eigenvalue weighted by atomic mass is 10.1. The van der Waals surface area contributed by atoms with Crippen LogP contribution in [-0.4, -0.2) is 56.5 Å². The SMILES string of the molecule is O=C(CSc1nncn1-c1ccccc1)NC1CCN(C2CC2)CC1. The van der Waals surface area contributed by atoms with Gasteiger partial charge in [-0.05, 0) is 37.8 Å². The molecule has 0 bridgehead atoms. The predicted molar refractivity (Wildman–Crippen MR) is 97.8 cm³/mol. The molecule has 4 rings (SSSR count). The van der Waals surface area contributed by atoms with Gasteiger partial charge < -0.3 is 10.2 Å². The minimum Gasteiger partial charge on any atom is -0.353 e. The van der Waals surface area contributed by atoms with E-state index in [4.69, 9.17) is 0 Å². The number of thioether (sulfide) groups is 1. The van der Waals surface area contributed by atoms with Crippen LogP contribution in [0.1, 0.15) is 25.7 Å². The van der Waals surface area contributed by atoms with Gasteiger partial charge in [0.15, 0.2) is 5.16 Å². The Bertz CT molecular complexity index is 707. The van der Waals surface area contributed by atoms with Gasteiger partial charge in [0.25, 0.3) is 0 Å². The third kappa shape index (κ3) is 4.22. The Balaban J connectivity index is 1.26. The maximum Gasteiger partial charge on any atom is 0.230 e. The zero-order valence-electron chi connectivity index (χ0n) is 14.2. The molecule has 1 aliphatic heterocycles. The number of amides is 1. The highest BCUT2D eigenvalue weighted by atomic mass is 32.2. The average Bonchev–Trinajstić information content (AvgIpc) is 3.39. The van der Waals surface area contributed by atoms with Crippen LogP contribution in [0.5, 0.6) is 0 Å². The monoisotopic (exact) mass is 357 g/mol. The van der Waals surface area contributed by atoms with E-state index in [1.807, 2.05) is 34.9 Å². The zero-order chi connectivity index (χ0) is 17.1. The molecule has 6 nitrogen and oxygen atoms in total. The molecule has 25 heavy (non-hydrogen) atoms. The summed E-state index contributed by atoms with van der Waals surface area (Å²) in [6.07, 6.45) is 6.52. The number of nitrogens with zero attached hydrogens (tertiary/aromatic N) is 4. The van der Waals surface area contributed by atoms with Crippen LogP contribution in [0.3, 0.4) is 0 Å². The summed E-state index contributed by atoms with van der Waals surface area (Å²) in [5.74, 6) is 0.450. The number of para-hydroxylation sites is 1. The number of nitrogens with one attached hydrogen (secondary N) is 1. The number of likely N-dealkylation sites (tertiary alicyclic amines) is 1. The number of benzene rings is 1. The Labute approximate surface area is 152 Å². The fourth-order valence-electron chi connectivity index (χ4n) is 3.34. The van der Waals surface area contributed by atoms with E-state index in [0.29, 0.717) is 11.8 Å². The molecule has 2 aliphatic rings. The van der Waals surface area contributed by atoms with Gasteiger partial charge in [-0.25, -0.2) is 0 Å². The molecular formula is C18H23N5OS. The first kappa shape index (κ1) is 16.6. The van der Waals surface area contributed by atoms with Crippen LogP contribution in [0.2, 0.25) is 0 Å². The smallest absolute Gasteiger partial charge is 0.230 e. The highest BCUT2D eigenvalue weighted by Crippen LogP contribution is 2.29. The van der Waals surface area contributed by atoms with Crippen molar-refractivity contribution in [1.82, 2.24) is 25.0 Å². The summed E-state index contributed by atoms with van der Waals surface area (Å²) < 4.78 is 1.91. The Morgan fingerprint density at radius 3 is 2.64 bits per heavy atom. The van der Waals surface area contributed by atoms with Crippen LogP contribution < -0.4 is 5.32 Å². The van der Waals surface area contributed by atoms with Gasteiger partial charge in [0.1, 0.15) is 6.33 Å². The van der Waals surface area contributed by atoms with Gasteiger partial charge in [-0.15, -0.1) is 10.2 Å². The molecule has 1 aromatic heterocycles. The van der Waals surface area contributed by atoms with Crippen molar-refractivity contribution in [2.75, 3.05) is 18.8 Å². The largest absolute Gasteiger partial charge is 0.353 e. The van der Waals surface area contributed by atoms with Crippen molar-refractivity contribution >= 4 is 17.7 Å². The lowest BCUT2D eigenvalue weighted by Crippen LogP contribution is -2.45. The van der Waals surface area contributed by atoms with Crippen molar-refractivity contribution < 1.29 is 4.79 Å². The van der Waals surface area contributed by atoms with Crippen molar-refractivity contribution in [2.45, 2.75) is 42.9 Å². The first-order chi connectivity index (χ1) is 12.3. The Morgan fingerprint density at radius 1 is 1.16 bits per heavy atom. The predicted octanol–water partition coefficient (Wildman–Crippen LogP) is 2.10. The van der Waals surface area contributed by atoms with Crippen LogP contribution in [-0.2, 0) is 4.79 Å². The van der Waals surface area contributed by atoms with Crippen LogP contribution >= 0.6 is 11.8 Å². The molecule has 2 fully saturated rings. The number of hydrogen-bond donors (Lipinski definition) is 1. The summed E-state index contributed by atoms with van der Waals surface area (Å²) in [6.45, 7) is 2.23. The highest BCUT2D eigenvalue weighted by molar-refractivity contribution is 7.99. The van der Waals surface area contributed by atoms with Crippen molar-refractivity contribution in [3.05, 3.63) is 36.7 Å². The number of piperidine rings is 1. The topological polar surface area (TPSA) is 63.1 Å². The van der Waals surface area contributed by atoms with E-state index in [1.54, 1.807) is 6.33 Å². The maximum atomic E-state index is 12.3. The molecular weight excluding hydrogens is 334 g/mol. The zero-order valence-corrected chi connectivity index (χ0v) is 15.0. The quantitative estimate of drug-likeness (QED) is 0.802. The first-order valence-electron chi connectivity index (χ1n) is 8.91. The molecule has 0 radical (unpaired) electrons. The van der Waals surface area contributed by atoms with E-state index in [1.165, 1.54) is 24.6 Å². The molecule has 1 aromatic carbocycles. The summed E-state index contributed by atoms with van der Waals surface area (Å²) in [6, 6.07) is 11.1. The van der Waals surface area contributed by atoms with E-state index in [0.717, 1.165) is 42.8 Å². The van der Waals surface area contributed by atoms with Gasteiger partial charge in [0, 0.05) is 30.9 Å². The van der Waals surface area contributed by atoms with Crippen LogP contribution in [0.15, 0.2) is 41.8 Å². The average molecular weight is 357 g/mol. The second kappa shape index (κ2) is 7.58. The lowest BCUT2D eigenvalue weighted by Gasteiger charge is -2.32. The van der Waals surface area contributed by atoms with Crippen molar-refractivity contribution in [2.24, 2.45) is 0 Å². The first-order valence-corrected chi connectivity index (χ1v) is 9.90. The number of rotatable bonds is 6. The van der Waals surface area contributed by atoms with Gasteiger partial charge in [-0.1, -0.05) is 30.0 Å². The lowest BCUT2D eigenvalue weighted by molar-refractivity contribution is -0.119. The molecule has 1 N–H and O–H groups in total. The molecule has 0 unspecified atom stereocenters. The second-order valence-corrected chi connectivity index (χ2v) is 7.66. The van der Waals surface area contributed by atoms with Gasteiger partial charge in [-0.3, -0.25) is 9.36 Å². The van der Waals surface area contributed by atoms with Crippen molar-refractivity contribution in [3.8, 4) is 5.69 Å². The van der Waals surface area contributed by atoms with E-state index in [9.17, 15) is 4.79 Å². The molecule has 132 valence electrons. The normalized spacial score (nSPS) is 19.0. The molecule has 7 heteroatoms. The molecule has 1 aliphatic carbocycles. The summed E-state index contributed by atoms with van der Waals surface area (Å²) in [5, 5.41) is 12.0. The minimum absolute atomic E-state index is 0.0810. The van der Waals surface area contributed by atoms with Crippen LogP contribution in [0, 0.1) is 0 Å². The summed E-state index contributed by atoms with van der Waals surface area (Å²) in [7, 11) is 0. The fourth-order valence-corrected chi connectivity index (χ4v) is 4.08. The maximum absolute atomic E-state index is 12.3. The standard InChI is InChI=1S/C18H23N5OS/c24-17(20-14-8-10-22(11-9-14)15-6-7-15)12-25-18-21-19-13-23(18)16-4-2-1-3-5-16/h1-5,13-15H,6-12H2,(H,20,24). The van der Waals surface area contributed by atoms with E-state index < -0.39 is 0 Å². The fraction of sp³-hybridized carbons (Fsp3) is 0.500. The Hall–Kier alpha value is -1.86. The third-order valence-corrected chi connectivity index (χ3v) is 5.78. The summed E-state index contributed by atoms with van der Waals surface area (Å²) >= 11 is 1.43. The van der Waals surface area contributed by atoms with Crippen LogP contribution in [0.25, 0.3) is 5.69 Å². The molecule has 2 aromatic rings. The molecule has 1 saturated heterocycles. The number of hydrogen-bond acceptors (Lipinski definition) is 5. The van der Waals surface area contributed by atoms with E-state index >= 15 is 0 Å².